The van der Waals surface area contributed by atoms with Crippen LogP contribution in [0.4, 0.5) is 11.4 Å². The maximum Gasteiger partial charge on any atom is 0.0445 e. The number of hydrogen-bond acceptors (Lipinski definition) is 2. The van der Waals surface area contributed by atoms with Gasteiger partial charge in [-0.25, -0.2) is 0 Å². The lowest BCUT2D eigenvalue weighted by Crippen LogP contribution is -2.33. The summed E-state index contributed by atoms with van der Waals surface area (Å²) in [4.78, 5) is 2.46. The summed E-state index contributed by atoms with van der Waals surface area (Å²) in [5.41, 5.74) is 12.4. The molecule has 3 rings (SSSR count). The summed E-state index contributed by atoms with van der Waals surface area (Å²) in [6.45, 7) is 5.06. The van der Waals surface area contributed by atoms with E-state index in [0.29, 0.717) is 12.6 Å². The molecule has 0 radical (unpaired) electrons. The zero-order valence-corrected chi connectivity index (χ0v) is 12.3. The maximum atomic E-state index is 5.77. The lowest BCUT2D eigenvalue weighted by atomic mass is 9.95. The van der Waals surface area contributed by atoms with Gasteiger partial charge in [-0.3, -0.25) is 0 Å². The minimum atomic E-state index is 0.535. The number of anilines is 2. The number of nitrogens with two attached hydrogens (primary N) is 1. The van der Waals surface area contributed by atoms with E-state index in [9.17, 15) is 0 Å². The van der Waals surface area contributed by atoms with Crippen LogP contribution in [0.2, 0.25) is 0 Å². The summed E-state index contributed by atoms with van der Waals surface area (Å²) in [5.74, 6) is 0. The van der Waals surface area contributed by atoms with Crippen molar-refractivity contribution in [2.24, 2.45) is 5.73 Å². The van der Waals surface area contributed by atoms with Crippen molar-refractivity contribution in [1.29, 1.82) is 0 Å². The minimum absolute atomic E-state index is 0.535. The highest BCUT2D eigenvalue weighted by Crippen LogP contribution is 2.37. The monoisotopic (exact) mass is 266 g/mol. The number of rotatable bonds is 2. The Kier molecular flexibility index (Phi) is 3.49. The Morgan fingerprint density at radius 2 is 2.00 bits per heavy atom. The van der Waals surface area contributed by atoms with E-state index in [1.807, 2.05) is 0 Å². The average molecular weight is 266 g/mol. The highest BCUT2D eigenvalue weighted by Gasteiger charge is 2.24. The number of aryl methyl sites for hydroxylation is 2. The lowest BCUT2D eigenvalue weighted by molar-refractivity contribution is 0.618. The predicted molar refractivity (Wildman–Crippen MR) is 85.4 cm³/mol. The molecule has 104 valence electrons. The largest absolute Gasteiger partial charge is 0.338 e. The van der Waals surface area contributed by atoms with Gasteiger partial charge in [-0.05, 0) is 61.6 Å². The molecule has 0 amide bonds. The molecular formula is C18H22N2. The molecule has 0 saturated heterocycles. The van der Waals surface area contributed by atoms with Crippen LogP contribution >= 0.6 is 0 Å². The second-order valence-corrected chi connectivity index (χ2v) is 5.70. The second-order valence-electron chi connectivity index (χ2n) is 5.70. The third-order valence-corrected chi connectivity index (χ3v) is 4.35. The highest BCUT2D eigenvalue weighted by molar-refractivity contribution is 5.69. The van der Waals surface area contributed by atoms with Gasteiger partial charge in [0.25, 0.3) is 0 Å². The van der Waals surface area contributed by atoms with E-state index in [4.69, 9.17) is 5.73 Å². The summed E-state index contributed by atoms with van der Waals surface area (Å²) < 4.78 is 0. The summed E-state index contributed by atoms with van der Waals surface area (Å²) in [6, 6.07) is 15.9. The molecule has 0 fully saturated rings. The van der Waals surface area contributed by atoms with Crippen molar-refractivity contribution in [3.05, 3.63) is 59.2 Å². The van der Waals surface area contributed by atoms with Crippen molar-refractivity contribution in [3.63, 3.8) is 0 Å². The number of nitrogens with zero attached hydrogens (tertiary/aromatic N) is 1. The van der Waals surface area contributed by atoms with Crippen LogP contribution in [-0.4, -0.2) is 6.04 Å². The molecule has 0 bridgehead atoms. The fraction of sp³-hybridized carbons (Fsp3) is 0.333. The molecule has 20 heavy (non-hydrogen) atoms. The third-order valence-electron chi connectivity index (χ3n) is 4.35. The Bertz CT molecular complexity index is 619. The van der Waals surface area contributed by atoms with Crippen molar-refractivity contribution in [2.75, 3.05) is 4.90 Å². The maximum absolute atomic E-state index is 5.77. The quantitative estimate of drug-likeness (QED) is 0.892. The molecule has 1 atom stereocenters. The van der Waals surface area contributed by atoms with Gasteiger partial charge < -0.3 is 10.6 Å². The molecule has 0 saturated carbocycles. The van der Waals surface area contributed by atoms with E-state index in [1.165, 1.54) is 40.9 Å². The molecule has 1 aliphatic rings. The first kappa shape index (κ1) is 13.2. The first-order valence-electron chi connectivity index (χ1n) is 7.37. The molecule has 2 N–H and O–H groups in total. The van der Waals surface area contributed by atoms with E-state index in [1.54, 1.807) is 0 Å². The smallest absolute Gasteiger partial charge is 0.0445 e. The molecule has 0 aliphatic carbocycles. The van der Waals surface area contributed by atoms with Gasteiger partial charge in [0.15, 0.2) is 0 Å². The second kappa shape index (κ2) is 5.29. The minimum Gasteiger partial charge on any atom is -0.338 e. The van der Waals surface area contributed by atoms with Crippen molar-refractivity contribution >= 4 is 11.4 Å². The highest BCUT2D eigenvalue weighted by atomic mass is 15.2. The lowest BCUT2D eigenvalue weighted by Gasteiger charge is -2.37. The van der Waals surface area contributed by atoms with Gasteiger partial charge in [0.1, 0.15) is 0 Å². The fourth-order valence-electron chi connectivity index (χ4n) is 3.14. The van der Waals surface area contributed by atoms with E-state index < -0.39 is 0 Å². The predicted octanol–water partition coefficient (Wildman–Crippen LogP) is 3.93. The Hall–Kier alpha value is -1.80. The van der Waals surface area contributed by atoms with Crippen LogP contribution in [0.1, 0.15) is 30.0 Å². The van der Waals surface area contributed by atoms with Gasteiger partial charge >= 0.3 is 0 Å². The first-order valence-corrected chi connectivity index (χ1v) is 7.37. The number of fused-ring (bicyclic) bond motifs is 1. The van der Waals surface area contributed by atoms with Crippen molar-refractivity contribution in [1.82, 2.24) is 0 Å². The van der Waals surface area contributed by atoms with Gasteiger partial charge in [0.2, 0.25) is 0 Å². The average Bonchev–Trinajstić information content (AvgIpc) is 2.47. The van der Waals surface area contributed by atoms with E-state index in [0.717, 1.165) is 0 Å². The topological polar surface area (TPSA) is 29.3 Å². The molecule has 2 aromatic carbocycles. The van der Waals surface area contributed by atoms with Gasteiger partial charge in [0, 0.05) is 24.0 Å². The fourth-order valence-corrected chi connectivity index (χ4v) is 3.14. The van der Waals surface area contributed by atoms with Crippen molar-refractivity contribution < 1.29 is 0 Å². The van der Waals surface area contributed by atoms with Crippen LogP contribution in [0, 0.1) is 6.92 Å². The van der Waals surface area contributed by atoms with Crippen molar-refractivity contribution in [3.8, 4) is 0 Å². The Morgan fingerprint density at radius 3 is 2.75 bits per heavy atom. The molecule has 1 unspecified atom stereocenters. The zero-order valence-electron chi connectivity index (χ0n) is 12.3. The van der Waals surface area contributed by atoms with Gasteiger partial charge in [-0.2, -0.15) is 0 Å². The summed E-state index contributed by atoms with van der Waals surface area (Å²) in [5, 5.41) is 0. The van der Waals surface area contributed by atoms with E-state index in [-0.39, 0.29) is 0 Å². The van der Waals surface area contributed by atoms with Gasteiger partial charge in [-0.1, -0.05) is 24.3 Å². The molecular weight excluding hydrogens is 244 g/mol. The molecule has 1 heterocycles. The van der Waals surface area contributed by atoms with E-state index in [2.05, 4.69) is 61.2 Å². The summed E-state index contributed by atoms with van der Waals surface area (Å²) >= 11 is 0. The number of benzene rings is 2. The Labute approximate surface area is 121 Å². The van der Waals surface area contributed by atoms with Gasteiger partial charge in [-0.15, -0.1) is 0 Å². The van der Waals surface area contributed by atoms with Crippen LogP contribution in [0.5, 0.6) is 0 Å². The van der Waals surface area contributed by atoms with Crippen molar-refractivity contribution in [2.45, 2.75) is 39.3 Å². The number of hydrogen-bond donors (Lipinski definition) is 1. The molecule has 2 heteroatoms. The first-order chi connectivity index (χ1) is 9.70. The Morgan fingerprint density at radius 1 is 1.20 bits per heavy atom. The van der Waals surface area contributed by atoms with Crippen LogP contribution in [0.15, 0.2) is 42.5 Å². The molecule has 0 aromatic heterocycles. The molecule has 0 spiro atoms. The SMILES string of the molecule is Cc1cc(N2c3ccccc3CCC2C)ccc1CN. The van der Waals surface area contributed by atoms with Crippen LogP contribution in [-0.2, 0) is 13.0 Å². The third kappa shape index (κ3) is 2.20. The van der Waals surface area contributed by atoms with Crippen LogP contribution in [0.25, 0.3) is 0 Å². The summed E-state index contributed by atoms with van der Waals surface area (Å²) in [6.07, 6.45) is 2.38. The molecule has 1 aliphatic heterocycles. The molecule has 2 nitrogen and oxygen atoms in total. The van der Waals surface area contributed by atoms with Crippen LogP contribution in [0.3, 0.4) is 0 Å². The normalized spacial score (nSPS) is 17.9. The zero-order chi connectivity index (χ0) is 14.1. The summed E-state index contributed by atoms with van der Waals surface area (Å²) in [7, 11) is 0. The number of para-hydroxylation sites is 1. The molecule has 2 aromatic rings. The standard InChI is InChI=1S/C18H22N2/c1-13-11-17(10-9-16(13)12-19)20-14(2)7-8-15-5-3-4-6-18(15)20/h3-6,9-11,14H,7-8,12,19H2,1-2H3. The van der Waals surface area contributed by atoms with E-state index >= 15 is 0 Å². The van der Waals surface area contributed by atoms with Crippen LogP contribution < -0.4 is 10.6 Å². The van der Waals surface area contributed by atoms with Gasteiger partial charge in [0.05, 0.1) is 0 Å². The Balaban J connectivity index is 2.07.